The van der Waals surface area contributed by atoms with Crippen molar-refractivity contribution in [3.8, 4) is 17.1 Å². The number of Topliss-reactive ketones (excluding diaryl/α,β-unsaturated/α-hetero) is 1. The Morgan fingerprint density at radius 3 is 2.44 bits per heavy atom. The molecular weight excluding hydrogens is 446 g/mol. The van der Waals surface area contributed by atoms with Crippen LogP contribution in [-0.4, -0.2) is 36.7 Å². The zero-order chi connectivity index (χ0) is 24.2. The van der Waals surface area contributed by atoms with E-state index in [2.05, 4.69) is 46.5 Å². The lowest BCUT2D eigenvalue weighted by atomic mass is 10.1. The van der Waals surface area contributed by atoms with Gasteiger partial charge in [-0.05, 0) is 75.2 Å². The minimum absolute atomic E-state index is 0.0522. The van der Waals surface area contributed by atoms with Crippen LogP contribution in [0, 0.1) is 13.8 Å². The molecule has 0 saturated carbocycles. The summed E-state index contributed by atoms with van der Waals surface area (Å²) in [6, 6.07) is 16.9. The maximum absolute atomic E-state index is 12.9. The van der Waals surface area contributed by atoms with Gasteiger partial charge in [0.2, 0.25) is 5.91 Å². The molecule has 0 spiro atoms. The summed E-state index contributed by atoms with van der Waals surface area (Å²) in [6.45, 7) is 7.45. The van der Waals surface area contributed by atoms with Gasteiger partial charge in [0.25, 0.3) is 0 Å². The molecular formula is C26H25N5O2S. The van der Waals surface area contributed by atoms with Crippen molar-refractivity contribution in [3.05, 3.63) is 83.7 Å². The highest BCUT2D eigenvalue weighted by Crippen LogP contribution is 2.31. The first kappa shape index (κ1) is 23.4. The number of carbonyl (C=O) groups excluding carboxylic acids is 2. The number of anilines is 1. The predicted molar refractivity (Wildman–Crippen MR) is 134 cm³/mol. The Bertz CT molecular complexity index is 1350. The highest BCUT2D eigenvalue weighted by Gasteiger charge is 2.22. The Labute approximate surface area is 202 Å². The maximum atomic E-state index is 12.9. The first-order valence-electron chi connectivity index (χ1n) is 10.9. The number of carbonyl (C=O) groups is 2. The van der Waals surface area contributed by atoms with E-state index >= 15 is 0 Å². The summed E-state index contributed by atoms with van der Waals surface area (Å²) in [5.74, 6) is 0.435. The smallest absolute Gasteiger partial charge is 0.237 e. The van der Waals surface area contributed by atoms with Crippen molar-refractivity contribution in [1.82, 2.24) is 19.7 Å². The molecule has 0 bridgehead atoms. The standard InChI is InChI=1S/C26H25N5O2S/c1-16-8-9-23(14-17(16)2)31-24(20-10-12-27-13-11-20)29-30-26(31)34-19(4)25(33)28-22-7-5-6-21(15-22)18(3)32/h5-15,19H,1-4H3,(H,28,33). The summed E-state index contributed by atoms with van der Waals surface area (Å²) in [4.78, 5) is 28.7. The number of aromatic nitrogens is 4. The third-order valence-electron chi connectivity index (χ3n) is 5.51. The van der Waals surface area contributed by atoms with Crippen LogP contribution in [0.2, 0.25) is 0 Å². The molecule has 4 rings (SSSR count). The number of pyridine rings is 1. The monoisotopic (exact) mass is 471 g/mol. The molecule has 2 aromatic heterocycles. The van der Waals surface area contributed by atoms with Gasteiger partial charge in [0.1, 0.15) is 0 Å². The number of amides is 1. The lowest BCUT2D eigenvalue weighted by Crippen LogP contribution is -2.23. The first-order valence-corrected chi connectivity index (χ1v) is 11.7. The van der Waals surface area contributed by atoms with Crippen molar-refractivity contribution < 1.29 is 9.59 Å². The van der Waals surface area contributed by atoms with Crippen LogP contribution < -0.4 is 5.32 Å². The van der Waals surface area contributed by atoms with Gasteiger partial charge in [-0.15, -0.1) is 10.2 Å². The van der Waals surface area contributed by atoms with Crippen LogP contribution >= 0.6 is 11.8 Å². The summed E-state index contributed by atoms with van der Waals surface area (Å²) in [5, 5.41) is 11.9. The van der Waals surface area contributed by atoms with Crippen molar-refractivity contribution in [2.75, 3.05) is 5.32 Å². The van der Waals surface area contributed by atoms with Crippen LogP contribution in [0.1, 0.15) is 35.3 Å². The van der Waals surface area contributed by atoms with Gasteiger partial charge < -0.3 is 5.32 Å². The minimum Gasteiger partial charge on any atom is -0.325 e. The van der Waals surface area contributed by atoms with Gasteiger partial charge in [-0.3, -0.25) is 19.1 Å². The zero-order valence-corrected chi connectivity index (χ0v) is 20.3. The molecule has 0 saturated heterocycles. The van der Waals surface area contributed by atoms with E-state index < -0.39 is 5.25 Å². The molecule has 1 unspecified atom stereocenters. The molecule has 0 aliphatic rings. The average Bonchev–Trinajstić information content (AvgIpc) is 3.25. The molecule has 2 heterocycles. The second-order valence-corrected chi connectivity index (χ2v) is 9.34. The molecule has 0 fully saturated rings. The lowest BCUT2D eigenvalue weighted by Gasteiger charge is -2.15. The van der Waals surface area contributed by atoms with Gasteiger partial charge in [0, 0.05) is 29.2 Å². The third kappa shape index (κ3) is 5.07. The van der Waals surface area contributed by atoms with Crippen LogP contribution in [-0.2, 0) is 4.79 Å². The molecule has 1 atom stereocenters. The Morgan fingerprint density at radius 1 is 0.971 bits per heavy atom. The van der Waals surface area contributed by atoms with E-state index in [1.54, 1.807) is 36.7 Å². The van der Waals surface area contributed by atoms with E-state index in [4.69, 9.17) is 0 Å². The Hall–Kier alpha value is -3.78. The van der Waals surface area contributed by atoms with Crippen LogP contribution in [0.3, 0.4) is 0 Å². The number of hydrogen-bond donors (Lipinski definition) is 1. The van der Waals surface area contributed by atoms with Crippen LogP contribution in [0.4, 0.5) is 5.69 Å². The third-order valence-corrected chi connectivity index (χ3v) is 6.55. The Kier molecular flexibility index (Phi) is 6.88. The number of nitrogens with zero attached hydrogens (tertiary/aromatic N) is 4. The fraction of sp³-hybridized carbons (Fsp3) is 0.192. The number of nitrogens with one attached hydrogen (secondary N) is 1. The first-order chi connectivity index (χ1) is 16.3. The van der Waals surface area contributed by atoms with E-state index in [-0.39, 0.29) is 11.7 Å². The van der Waals surface area contributed by atoms with Crippen molar-refractivity contribution in [2.24, 2.45) is 0 Å². The van der Waals surface area contributed by atoms with E-state index in [1.165, 1.54) is 24.2 Å². The van der Waals surface area contributed by atoms with Gasteiger partial charge in [-0.25, -0.2) is 0 Å². The zero-order valence-electron chi connectivity index (χ0n) is 19.4. The van der Waals surface area contributed by atoms with Crippen LogP contribution in [0.5, 0.6) is 0 Å². The Morgan fingerprint density at radius 2 is 1.74 bits per heavy atom. The summed E-state index contributed by atoms with van der Waals surface area (Å²) < 4.78 is 1.96. The summed E-state index contributed by atoms with van der Waals surface area (Å²) >= 11 is 1.32. The molecule has 7 nitrogen and oxygen atoms in total. The second-order valence-electron chi connectivity index (χ2n) is 8.03. The fourth-order valence-corrected chi connectivity index (χ4v) is 4.27. The van der Waals surface area contributed by atoms with E-state index in [0.717, 1.165) is 16.8 Å². The van der Waals surface area contributed by atoms with Crippen LogP contribution in [0.25, 0.3) is 17.1 Å². The lowest BCUT2D eigenvalue weighted by molar-refractivity contribution is -0.115. The molecule has 8 heteroatoms. The summed E-state index contributed by atoms with van der Waals surface area (Å²) in [7, 11) is 0. The molecule has 0 aliphatic carbocycles. The highest BCUT2D eigenvalue weighted by molar-refractivity contribution is 8.00. The van der Waals surface area contributed by atoms with E-state index in [0.29, 0.717) is 22.2 Å². The number of aryl methyl sites for hydroxylation is 2. The quantitative estimate of drug-likeness (QED) is 0.292. The molecule has 1 N–H and O–H groups in total. The molecule has 0 radical (unpaired) electrons. The number of benzene rings is 2. The van der Waals surface area contributed by atoms with Crippen molar-refractivity contribution in [2.45, 2.75) is 38.1 Å². The minimum atomic E-state index is -0.458. The average molecular weight is 472 g/mol. The number of ketones is 1. The molecule has 1 amide bonds. The van der Waals surface area contributed by atoms with E-state index in [9.17, 15) is 9.59 Å². The largest absolute Gasteiger partial charge is 0.325 e. The molecule has 2 aromatic carbocycles. The molecule has 0 aliphatic heterocycles. The molecule has 4 aromatic rings. The number of hydrogen-bond acceptors (Lipinski definition) is 6. The predicted octanol–water partition coefficient (Wildman–Crippen LogP) is 5.27. The van der Waals surface area contributed by atoms with Gasteiger partial charge >= 0.3 is 0 Å². The van der Waals surface area contributed by atoms with Crippen molar-refractivity contribution in [3.63, 3.8) is 0 Å². The molecule has 34 heavy (non-hydrogen) atoms. The van der Waals surface area contributed by atoms with Gasteiger partial charge in [-0.1, -0.05) is 30.0 Å². The highest BCUT2D eigenvalue weighted by atomic mass is 32.2. The van der Waals surface area contributed by atoms with Crippen molar-refractivity contribution >= 4 is 29.1 Å². The normalized spacial score (nSPS) is 11.8. The summed E-state index contributed by atoms with van der Waals surface area (Å²) in [5.41, 5.74) is 5.28. The van der Waals surface area contributed by atoms with Gasteiger partial charge in [-0.2, -0.15) is 0 Å². The topological polar surface area (TPSA) is 89.8 Å². The maximum Gasteiger partial charge on any atom is 0.237 e. The number of thioether (sulfide) groups is 1. The fourth-order valence-electron chi connectivity index (χ4n) is 3.40. The summed E-state index contributed by atoms with van der Waals surface area (Å²) in [6.07, 6.45) is 3.43. The van der Waals surface area contributed by atoms with Gasteiger partial charge in [0.05, 0.1) is 10.9 Å². The van der Waals surface area contributed by atoms with Crippen molar-refractivity contribution in [1.29, 1.82) is 0 Å². The van der Waals surface area contributed by atoms with E-state index in [1.807, 2.05) is 29.7 Å². The van der Waals surface area contributed by atoms with Crippen LogP contribution in [0.15, 0.2) is 72.1 Å². The SMILES string of the molecule is CC(=O)c1cccc(NC(=O)C(C)Sc2nnc(-c3ccncc3)n2-c2ccc(C)c(C)c2)c1. The Balaban J connectivity index is 1.64. The second kappa shape index (κ2) is 10.0. The van der Waals surface area contributed by atoms with Gasteiger partial charge in [0.15, 0.2) is 16.8 Å². The number of rotatable bonds is 7. The molecule has 172 valence electrons.